The molecule has 4 heterocycles. The number of benzene rings is 4. The number of carbonyl (C=O) groups is 7. The number of H-pyrrole nitrogens is 4. The predicted molar refractivity (Wildman–Crippen MR) is 406 cm³/mol. The van der Waals surface area contributed by atoms with Gasteiger partial charge in [-0.15, -0.1) is 0 Å². The van der Waals surface area contributed by atoms with Gasteiger partial charge in [-0.25, -0.2) is 9.59 Å². The third kappa shape index (κ3) is 25.2. The molecule has 5 amide bonds. The zero-order chi connectivity index (χ0) is 75.9. The van der Waals surface area contributed by atoms with Crippen LogP contribution in [0.4, 0.5) is 52.2 Å². The average molecular weight is 1460 g/mol. The summed E-state index contributed by atoms with van der Waals surface area (Å²) in [6.45, 7) is 27.3. The quantitative estimate of drug-likeness (QED) is 0.0100. The number of fused-ring (bicyclic) bond motifs is 2. The van der Waals surface area contributed by atoms with Crippen molar-refractivity contribution in [3.63, 3.8) is 0 Å². The fourth-order valence-corrected chi connectivity index (χ4v) is 11.1. The first-order chi connectivity index (χ1) is 51.2. The van der Waals surface area contributed by atoms with E-state index in [1.807, 2.05) is 0 Å². The van der Waals surface area contributed by atoms with Crippen molar-refractivity contribution in [2.75, 3.05) is 137 Å². The normalized spacial score (nSPS) is 12.2. The molecule has 8 rings (SSSR count). The van der Waals surface area contributed by atoms with Gasteiger partial charge in [-0.1, -0.05) is 41.5 Å². The molecule has 2 unspecified atom stereocenters. The fraction of sp³-hybridized carbons (Fsp3) is 0.451. The van der Waals surface area contributed by atoms with Crippen molar-refractivity contribution >= 4 is 115 Å². The van der Waals surface area contributed by atoms with Gasteiger partial charge in [-0.05, 0) is 216 Å². The smallest absolute Gasteiger partial charge is 0.323 e. The van der Waals surface area contributed by atoms with Crippen molar-refractivity contribution in [3.05, 3.63) is 123 Å². The van der Waals surface area contributed by atoms with Crippen LogP contribution >= 0.6 is 0 Å². The Balaban J connectivity index is 0.791. The van der Waals surface area contributed by atoms with Crippen molar-refractivity contribution in [3.8, 4) is 0 Å². The summed E-state index contributed by atoms with van der Waals surface area (Å²) < 4.78 is 0. The number of carbonyl (C=O) groups excluding carboxylic acids is 7. The maximum Gasteiger partial charge on any atom is 0.323 e. The topological polar surface area (TPSA) is 453 Å². The van der Waals surface area contributed by atoms with E-state index >= 15 is 0 Å². The summed E-state index contributed by atoms with van der Waals surface area (Å²) >= 11 is 0. The molecule has 4 aromatic heterocycles. The largest absolute Gasteiger partial charge is 0.354 e. The molecule has 564 valence electrons. The van der Waals surface area contributed by atoms with Crippen molar-refractivity contribution < 1.29 is 33.6 Å². The zero-order valence-electron chi connectivity index (χ0n) is 61.2. The van der Waals surface area contributed by atoms with Crippen molar-refractivity contribution in [2.45, 2.75) is 106 Å². The number of unbranched alkanes of at least 4 members (excludes halogenated alkanes) is 1. The Hall–Kier alpha value is -11.4. The Bertz CT molecular complexity index is 4430. The van der Waals surface area contributed by atoms with Gasteiger partial charge in [0.1, 0.15) is 0 Å². The summed E-state index contributed by atoms with van der Waals surface area (Å²) in [5.41, 5.74) is 3.35. The Labute approximate surface area is 612 Å². The number of nitrogens with one attached hydrogen (secondary N) is 12. The fourth-order valence-electron chi connectivity index (χ4n) is 11.1. The highest BCUT2D eigenvalue weighted by Crippen LogP contribution is 2.24. The molecule has 0 aliphatic carbocycles. The van der Waals surface area contributed by atoms with Crippen LogP contribution in [0.3, 0.4) is 0 Å². The maximum absolute atomic E-state index is 13.7. The number of aromatic nitrogens is 10. The van der Waals surface area contributed by atoms with E-state index in [4.69, 9.17) is 9.97 Å². The van der Waals surface area contributed by atoms with Gasteiger partial charge in [-0.2, -0.15) is 50.4 Å². The maximum atomic E-state index is 13.7. The van der Waals surface area contributed by atoms with E-state index in [1.54, 1.807) is 54.6 Å². The average Bonchev–Trinajstić information content (AvgIpc) is 1.78. The highest BCUT2D eigenvalue weighted by molar-refractivity contribution is 6.11. The van der Waals surface area contributed by atoms with E-state index in [1.165, 1.54) is 44.2 Å². The van der Waals surface area contributed by atoms with Crippen LogP contribution in [0, 0.1) is 0 Å². The first-order valence-electron chi connectivity index (χ1n) is 35.9. The third-order valence-electron chi connectivity index (χ3n) is 17.2. The van der Waals surface area contributed by atoms with Crippen LogP contribution < -0.4 is 53.9 Å². The van der Waals surface area contributed by atoms with E-state index in [0.29, 0.717) is 102 Å². The molecule has 0 saturated heterocycles. The van der Waals surface area contributed by atoms with E-state index in [-0.39, 0.29) is 41.1 Å². The molecule has 0 spiro atoms. The molecule has 2 atom stereocenters. The number of Topliss-reactive ketones (excluding diaryl/α,β-unsaturated/α-hetero) is 2. The van der Waals surface area contributed by atoms with Gasteiger partial charge in [-0.3, -0.25) is 38.9 Å². The molecule has 0 fully saturated rings. The zero-order valence-corrected chi connectivity index (χ0v) is 61.2. The van der Waals surface area contributed by atoms with Gasteiger partial charge in [0.15, 0.2) is 11.6 Å². The Morgan fingerprint density at radius 1 is 0.396 bits per heavy atom. The predicted octanol–water partition coefficient (Wildman–Crippen LogP) is 7.40. The summed E-state index contributed by atoms with van der Waals surface area (Å²) in [5.74, 6) is -4.43. The van der Waals surface area contributed by atoms with Crippen LogP contribution in [0.5, 0.6) is 0 Å². The van der Waals surface area contributed by atoms with Crippen LogP contribution in [0.2, 0.25) is 0 Å². The SMILES string of the molecule is CCN(CC)CCCNC(=O)c1nc(NC(=O)c2ccc(N=NC(C(C)=O)C(=O)Nc3ccc4[nH]c(=O)[nH]c4c3)cc2)nc(C(=O)NCCCN(CC)CCCCN(CC)CCCNc2nc(NCCCN(CC)CC)nc(Nc3ccc(N=NC(C(C)=O)C(=O)Nc4ccc5[nH]c(=O)[nH]c5c4)cc3)n2)n1. The minimum atomic E-state index is -1.50. The van der Waals surface area contributed by atoms with Gasteiger partial charge in [0.05, 0.1) is 33.4 Å². The van der Waals surface area contributed by atoms with Gasteiger partial charge in [0, 0.05) is 48.8 Å². The van der Waals surface area contributed by atoms with Gasteiger partial charge >= 0.3 is 11.4 Å². The molecule has 0 radical (unpaired) electrons. The van der Waals surface area contributed by atoms with E-state index in [0.717, 1.165) is 97.7 Å². The van der Waals surface area contributed by atoms with Gasteiger partial charge in [0.25, 0.3) is 29.5 Å². The molecule has 0 aliphatic rings. The number of hydrogen-bond acceptors (Lipinski definition) is 26. The number of hydrogen-bond donors (Lipinski definition) is 12. The molecule has 35 nitrogen and oxygen atoms in total. The second-order valence-electron chi connectivity index (χ2n) is 24.8. The molecular weight excluding hydrogens is 1360 g/mol. The molecule has 4 aromatic carbocycles. The van der Waals surface area contributed by atoms with Crippen molar-refractivity contribution in [1.29, 1.82) is 0 Å². The standard InChI is InChI=1S/C71H96N26O9/c1-9-94(10-2)39-17-33-72-64(103)59-83-60(85-69(84-59)86-61(100)47-21-23-49(24-22-47)90-92-57(45(7)98)62(101)76-51-29-31-53-55(43-51)81-70(105)79-53)65(104)73-34-18-41-96(13-5)37-15-16-38-97(14-6)42-20-36-75-67-87-66(74-35-19-40-95(11-3)12-4)88-68(89-67)78-48-25-27-50(28-26-48)91-93-58(46(8)99)63(102)77-52-30-32-54-56(44-52)82-71(106)80-54/h21-32,43-44,57-58H,9-20,33-42H2,1-8H3,(H,72,103)(H,73,104)(H,76,101)(H,77,102)(H2,79,81,105)(H2,80,82,106)(H,83,84,85,86,100)(H3,74,75,78,87,88,89). The molecular formula is C71H96N26O9. The first kappa shape index (κ1) is 80.3. The Morgan fingerprint density at radius 2 is 0.774 bits per heavy atom. The van der Waals surface area contributed by atoms with E-state index < -0.39 is 58.9 Å². The summed E-state index contributed by atoms with van der Waals surface area (Å²) in [7, 11) is 0. The van der Waals surface area contributed by atoms with Gasteiger partial charge in [0.2, 0.25) is 47.5 Å². The highest BCUT2D eigenvalue weighted by atomic mass is 16.2. The Kier molecular flexibility index (Phi) is 31.2. The van der Waals surface area contributed by atoms with Crippen LogP contribution in [0.1, 0.15) is 126 Å². The second kappa shape index (κ2) is 41.2. The number of imidazole rings is 2. The highest BCUT2D eigenvalue weighted by Gasteiger charge is 2.26. The first-order valence-corrected chi connectivity index (χ1v) is 35.9. The summed E-state index contributed by atoms with van der Waals surface area (Å²) in [6.07, 6.45) is 4.91. The lowest BCUT2D eigenvalue weighted by Crippen LogP contribution is -2.34. The number of rotatable bonds is 45. The molecule has 106 heavy (non-hydrogen) atoms. The number of amides is 5. The number of anilines is 7. The van der Waals surface area contributed by atoms with Crippen molar-refractivity contribution in [1.82, 2.24) is 80.1 Å². The number of azo groups is 2. The second-order valence-corrected chi connectivity index (χ2v) is 24.8. The van der Waals surface area contributed by atoms with Crippen LogP contribution in [-0.2, 0) is 19.2 Å². The lowest BCUT2D eigenvalue weighted by atomic mass is 10.2. The minimum Gasteiger partial charge on any atom is -0.354 e. The number of ketones is 2. The summed E-state index contributed by atoms with van der Waals surface area (Å²) in [5, 5.41) is 39.9. The van der Waals surface area contributed by atoms with E-state index in [9.17, 15) is 43.2 Å². The summed E-state index contributed by atoms with van der Waals surface area (Å²) in [4.78, 5) is 162. The molecule has 12 N–H and O–H groups in total. The molecule has 0 bridgehead atoms. The molecule has 8 aromatic rings. The molecule has 35 heteroatoms. The summed E-state index contributed by atoms with van der Waals surface area (Å²) in [6, 6.07) is 19.2. The number of aromatic amines is 4. The minimum absolute atomic E-state index is 0.119. The van der Waals surface area contributed by atoms with Crippen LogP contribution in [0.15, 0.2) is 115 Å². The monoisotopic (exact) mass is 1460 g/mol. The van der Waals surface area contributed by atoms with Gasteiger partial charge < -0.3 is 76.8 Å². The lowest BCUT2D eigenvalue weighted by Gasteiger charge is -2.23. The lowest BCUT2D eigenvalue weighted by molar-refractivity contribution is -0.127. The Morgan fingerprint density at radius 3 is 1.20 bits per heavy atom. The molecule has 0 aliphatic heterocycles. The van der Waals surface area contributed by atoms with E-state index in [2.05, 4.69) is 164 Å². The number of nitrogens with zero attached hydrogens (tertiary/aromatic N) is 14. The molecule has 0 saturated carbocycles. The third-order valence-corrected chi connectivity index (χ3v) is 17.2. The van der Waals surface area contributed by atoms with Crippen LogP contribution in [-0.4, -0.2) is 227 Å². The van der Waals surface area contributed by atoms with Crippen LogP contribution in [0.25, 0.3) is 22.1 Å². The van der Waals surface area contributed by atoms with Crippen molar-refractivity contribution in [2.24, 2.45) is 20.5 Å².